The van der Waals surface area contributed by atoms with Crippen LogP contribution in [-0.2, 0) is 4.79 Å². The van der Waals surface area contributed by atoms with Crippen LogP contribution in [0.5, 0.6) is 0 Å². The summed E-state index contributed by atoms with van der Waals surface area (Å²) in [7, 11) is 0. The highest BCUT2D eigenvalue weighted by Crippen LogP contribution is 2.25. The van der Waals surface area contributed by atoms with Gasteiger partial charge in [0.05, 0.1) is 0 Å². The molecule has 0 radical (unpaired) electrons. The van der Waals surface area contributed by atoms with Crippen LogP contribution < -0.4 is 5.32 Å². The first-order valence-electron chi connectivity index (χ1n) is 5.29. The Hall–Kier alpha value is -0.570. The topological polar surface area (TPSA) is 49.3 Å². The monoisotopic (exact) mass is 201 g/mol. The second kappa shape index (κ2) is 6.02. The minimum atomic E-state index is -0.699. The Morgan fingerprint density at radius 3 is 2.36 bits per heavy atom. The molecule has 0 heterocycles. The standard InChI is InChI=1S/C11H23NO2/c1-9(2)12-8-7-11(3,4)6-5-10(13)14/h9,12H,5-8H2,1-4H3,(H,13,14). The third-order valence-corrected chi connectivity index (χ3v) is 2.37. The van der Waals surface area contributed by atoms with E-state index in [0.29, 0.717) is 6.04 Å². The maximum atomic E-state index is 10.4. The summed E-state index contributed by atoms with van der Waals surface area (Å²) in [6.07, 6.45) is 2.05. The van der Waals surface area contributed by atoms with Crippen molar-refractivity contribution in [2.75, 3.05) is 6.54 Å². The van der Waals surface area contributed by atoms with E-state index in [1.807, 2.05) is 0 Å². The summed E-state index contributed by atoms with van der Waals surface area (Å²) in [6.45, 7) is 9.44. The van der Waals surface area contributed by atoms with Crippen molar-refractivity contribution in [3.8, 4) is 0 Å². The first-order valence-corrected chi connectivity index (χ1v) is 5.29. The van der Waals surface area contributed by atoms with Gasteiger partial charge in [0.15, 0.2) is 0 Å². The van der Waals surface area contributed by atoms with Crippen molar-refractivity contribution < 1.29 is 9.90 Å². The van der Waals surface area contributed by atoms with Crippen LogP contribution in [-0.4, -0.2) is 23.7 Å². The van der Waals surface area contributed by atoms with Crippen LogP contribution in [0.2, 0.25) is 0 Å². The van der Waals surface area contributed by atoms with E-state index < -0.39 is 5.97 Å². The van der Waals surface area contributed by atoms with Crippen LogP contribution in [0.25, 0.3) is 0 Å². The van der Waals surface area contributed by atoms with E-state index >= 15 is 0 Å². The van der Waals surface area contributed by atoms with Crippen LogP contribution >= 0.6 is 0 Å². The van der Waals surface area contributed by atoms with E-state index in [-0.39, 0.29) is 11.8 Å². The van der Waals surface area contributed by atoms with E-state index in [1.54, 1.807) is 0 Å². The fourth-order valence-electron chi connectivity index (χ4n) is 1.27. The summed E-state index contributed by atoms with van der Waals surface area (Å²) in [5, 5.41) is 11.9. The van der Waals surface area contributed by atoms with E-state index in [4.69, 9.17) is 5.11 Å². The van der Waals surface area contributed by atoms with Crippen LogP contribution in [0.3, 0.4) is 0 Å². The zero-order chi connectivity index (χ0) is 11.2. The first-order chi connectivity index (χ1) is 6.33. The Kier molecular flexibility index (Phi) is 5.77. The lowest BCUT2D eigenvalue weighted by molar-refractivity contribution is -0.137. The summed E-state index contributed by atoms with van der Waals surface area (Å²) in [4.78, 5) is 10.4. The second-order valence-electron chi connectivity index (χ2n) is 4.92. The molecule has 0 aromatic rings. The third-order valence-electron chi connectivity index (χ3n) is 2.37. The van der Waals surface area contributed by atoms with Gasteiger partial charge in [-0.25, -0.2) is 0 Å². The lowest BCUT2D eigenvalue weighted by atomic mass is 9.84. The van der Waals surface area contributed by atoms with Gasteiger partial charge in [-0.3, -0.25) is 4.79 Å². The molecule has 3 nitrogen and oxygen atoms in total. The molecule has 0 unspecified atom stereocenters. The number of aliphatic carboxylic acids is 1. The van der Waals surface area contributed by atoms with Crippen molar-refractivity contribution in [1.82, 2.24) is 5.32 Å². The molecule has 0 amide bonds. The van der Waals surface area contributed by atoms with E-state index in [2.05, 4.69) is 33.0 Å². The fraction of sp³-hybridized carbons (Fsp3) is 0.909. The molecule has 2 N–H and O–H groups in total. The molecule has 0 bridgehead atoms. The summed E-state index contributed by atoms with van der Waals surface area (Å²) >= 11 is 0. The molecule has 0 aliphatic carbocycles. The van der Waals surface area contributed by atoms with Crippen molar-refractivity contribution in [2.45, 2.75) is 53.0 Å². The highest BCUT2D eigenvalue weighted by Gasteiger charge is 2.18. The Morgan fingerprint density at radius 1 is 1.36 bits per heavy atom. The van der Waals surface area contributed by atoms with Crippen molar-refractivity contribution >= 4 is 5.97 Å². The average Bonchev–Trinajstić information content (AvgIpc) is 2.00. The molecule has 0 aromatic carbocycles. The van der Waals surface area contributed by atoms with Gasteiger partial charge in [-0.15, -0.1) is 0 Å². The van der Waals surface area contributed by atoms with Gasteiger partial charge < -0.3 is 10.4 Å². The summed E-state index contributed by atoms with van der Waals surface area (Å²) in [5.74, 6) is -0.699. The molecule has 0 saturated carbocycles. The maximum Gasteiger partial charge on any atom is 0.303 e. The molecule has 0 aliphatic heterocycles. The van der Waals surface area contributed by atoms with Gasteiger partial charge in [-0.1, -0.05) is 27.7 Å². The van der Waals surface area contributed by atoms with Crippen LogP contribution in [0.15, 0.2) is 0 Å². The van der Waals surface area contributed by atoms with Gasteiger partial charge in [0.2, 0.25) is 0 Å². The molecule has 3 heteroatoms. The molecule has 0 spiro atoms. The fourth-order valence-corrected chi connectivity index (χ4v) is 1.27. The van der Waals surface area contributed by atoms with Crippen molar-refractivity contribution in [1.29, 1.82) is 0 Å². The zero-order valence-corrected chi connectivity index (χ0v) is 9.76. The second-order valence-corrected chi connectivity index (χ2v) is 4.92. The van der Waals surface area contributed by atoms with Crippen LogP contribution in [0.1, 0.15) is 47.0 Å². The smallest absolute Gasteiger partial charge is 0.303 e. The number of nitrogens with one attached hydrogen (secondary N) is 1. The van der Waals surface area contributed by atoms with Crippen molar-refractivity contribution in [3.63, 3.8) is 0 Å². The van der Waals surface area contributed by atoms with Gasteiger partial charge in [-0.2, -0.15) is 0 Å². The van der Waals surface area contributed by atoms with E-state index in [1.165, 1.54) is 0 Å². The average molecular weight is 201 g/mol. The number of carboxylic acid groups (broad SMARTS) is 1. The number of hydrogen-bond donors (Lipinski definition) is 2. The van der Waals surface area contributed by atoms with Gasteiger partial charge in [0, 0.05) is 12.5 Å². The highest BCUT2D eigenvalue weighted by atomic mass is 16.4. The molecule has 0 aromatic heterocycles. The SMILES string of the molecule is CC(C)NCCC(C)(C)CCC(=O)O. The molecule has 0 aliphatic rings. The van der Waals surface area contributed by atoms with Crippen LogP contribution in [0, 0.1) is 5.41 Å². The number of carboxylic acids is 1. The molecule has 84 valence electrons. The molecule has 0 atom stereocenters. The molecular formula is C11H23NO2. The molecule has 0 fully saturated rings. The molecule has 0 rings (SSSR count). The van der Waals surface area contributed by atoms with Gasteiger partial charge >= 0.3 is 5.97 Å². The zero-order valence-electron chi connectivity index (χ0n) is 9.76. The van der Waals surface area contributed by atoms with Crippen molar-refractivity contribution in [3.05, 3.63) is 0 Å². The lowest BCUT2D eigenvalue weighted by Crippen LogP contribution is -2.28. The quantitative estimate of drug-likeness (QED) is 0.664. The Balaban J connectivity index is 3.66. The van der Waals surface area contributed by atoms with Gasteiger partial charge in [0.1, 0.15) is 0 Å². The van der Waals surface area contributed by atoms with E-state index in [9.17, 15) is 4.79 Å². The normalized spacial score (nSPS) is 12.1. The predicted octanol–water partition coefficient (Wildman–Crippen LogP) is 2.27. The summed E-state index contributed by atoms with van der Waals surface area (Å²) in [5.41, 5.74) is 0.125. The summed E-state index contributed by atoms with van der Waals surface area (Å²) < 4.78 is 0. The lowest BCUT2D eigenvalue weighted by Gasteiger charge is -2.24. The maximum absolute atomic E-state index is 10.4. The van der Waals surface area contributed by atoms with Crippen LogP contribution in [0.4, 0.5) is 0 Å². The Morgan fingerprint density at radius 2 is 1.93 bits per heavy atom. The predicted molar refractivity (Wildman–Crippen MR) is 58.4 cm³/mol. The minimum Gasteiger partial charge on any atom is -0.481 e. The highest BCUT2D eigenvalue weighted by molar-refractivity contribution is 5.66. The largest absolute Gasteiger partial charge is 0.481 e. The first kappa shape index (κ1) is 13.4. The van der Waals surface area contributed by atoms with Crippen molar-refractivity contribution in [2.24, 2.45) is 5.41 Å². The third kappa shape index (κ3) is 8.05. The number of carbonyl (C=O) groups is 1. The number of hydrogen-bond acceptors (Lipinski definition) is 2. The Bertz CT molecular complexity index is 176. The van der Waals surface area contributed by atoms with E-state index in [0.717, 1.165) is 19.4 Å². The van der Waals surface area contributed by atoms with Gasteiger partial charge in [-0.05, 0) is 24.8 Å². The molecule has 0 saturated heterocycles. The minimum absolute atomic E-state index is 0.125. The molecule has 14 heavy (non-hydrogen) atoms. The molecular weight excluding hydrogens is 178 g/mol. The summed E-state index contributed by atoms with van der Waals surface area (Å²) in [6, 6.07) is 0.505. The Labute approximate surface area is 86.9 Å². The van der Waals surface area contributed by atoms with Gasteiger partial charge in [0.25, 0.3) is 0 Å². The number of rotatable bonds is 7.